The van der Waals surface area contributed by atoms with Crippen LogP contribution < -0.4 is 10.1 Å². The van der Waals surface area contributed by atoms with Crippen molar-refractivity contribution < 1.29 is 9.53 Å². The van der Waals surface area contributed by atoms with Gasteiger partial charge >= 0.3 is 0 Å². The first kappa shape index (κ1) is 16.5. The SMILES string of the molecule is CCOc1ncccc1CNC(=O)[C@@H]1[C@@H](C=C(C)C)C1(C)C. The van der Waals surface area contributed by atoms with E-state index in [1.165, 1.54) is 5.57 Å². The summed E-state index contributed by atoms with van der Waals surface area (Å²) in [5, 5.41) is 3.03. The van der Waals surface area contributed by atoms with E-state index >= 15 is 0 Å². The van der Waals surface area contributed by atoms with E-state index < -0.39 is 0 Å². The normalized spacial score (nSPS) is 21.9. The molecule has 2 atom stereocenters. The molecule has 0 aromatic carbocycles. The van der Waals surface area contributed by atoms with Gasteiger partial charge in [-0.2, -0.15) is 0 Å². The lowest BCUT2D eigenvalue weighted by Crippen LogP contribution is -2.26. The number of pyridine rings is 1. The molecule has 1 saturated carbocycles. The van der Waals surface area contributed by atoms with E-state index in [4.69, 9.17) is 4.74 Å². The number of nitrogens with one attached hydrogen (secondary N) is 1. The second-order valence-electron chi connectivity index (χ2n) is 6.69. The van der Waals surface area contributed by atoms with Gasteiger partial charge in [-0.25, -0.2) is 4.98 Å². The molecule has 120 valence electrons. The van der Waals surface area contributed by atoms with Crippen LogP contribution in [0.3, 0.4) is 0 Å². The predicted octanol–water partition coefficient (Wildman–Crippen LogP) is 3.33. The highest BCUT2D eigenvalue weighted by Crippen LogP contribution is 2.59. The highest BCUT2D eigenvalue weighted by atomic mass is 16.5. The van der Waals surface area contributed by atoms with Crippen LogP contribution in [0.4, 0.5) is 0 Å². The number of amides is 1. The molecule has 0 saturated heterocycles. The van der Waals surface area contributed by atoms with Crippen LogP contribution in [0.5, 0.6) is 5.88 Å². The van der Waals surface area contributed by atoms with Crippen molar-refractivity contribution in [1.82, 2.24) is 10.3 Å². The molecule has 0 bridgehead atoms. The van der Waals surface area contributed by atoms with Gasteiger partial charge < -0.3 is 10.1 Å². The Morgan fingerprint density at radius 2 is 2.18 bits per heavy atom. The largest absolute Gasteiger partial charge is 0.478 e. The average Bonchev–Trinajstić information content (AvgIpc) is 2.98. The van der Waals surface area contributed by atoms with Crippen molar-refractivity contribution >= 4 is 5.91 Å². The molecule has 4 heteroatoms. The van der Waals surface area contributed by atoms with E-state index in [1.807, 2.05) is 19.1 Å². The second kappa shape index (κ2) is 6.51. The molecule has 0 radical (unpaired) electrons. The Labute approximate surface area is 133 Å². The zero-order chi connectivity index (χ0) is 16.3. The first-order valence-corrected chi connectivity index (χ1v) is 7.87. The summed E-state index contributed by atoms with van der Waals surface area (Å²) in [7, 11) is 0. The number of aromatic nitrogens is 1. The minimum Gasteiger partial charge on any atom is -0.478 e. The number of hydrogen-bond donors (Lipinski definition) is 1. The minimum absolute atomic E-state index is 0.0407. The first-order valence-electron chi connectivity index (χ1n) is 7.87. The van der Waals surface area contributed by atoms with Gasteiger partial charge in [0.1, 0.15) is 0 Å². The molecule has 4 nitrogen and oxygen atoms in total. The third kappa shape index (κ3) is 3.49. The highest BCUT2D eigenvalue weighted by molar-refractivity contribution is 5.83. The van der Waals surface area contributed by atoms with Crippen molar-refractivity contribution in [3.63, 3.8) is 0 Å². The van der Waals surface area contributed by atoms with Gasteiger partial charge in [-0.3, -0.25) is 4.79 Å². The van der Waals surface area contributed by atoms with Gasteiger partial charge in [-0.05, 0) is 38.2 Å². The fourth-order valence-electron chi connectivity index (χ4n) is 2.97. The van der Waals surface area contributed by atoms with E-state index in [2.05, 4.69) is 44.1 Å². The zero-order valence-electron chi connectivity index (χ0n) is 14.1. The summed E-state index contributed by atoms with van der Waals surface area (Å²) in [6.07, 6.45) is 3.91. The lowest BCUT2D eigenvalue weighted by molar-refractivity contribution is -0.123. The van der Waals surface area contributed by atoms with Crippen molar-refractivity contribution in [2.45, 2.75) is 41.2 Å². The Morgan fingerprint density at radius 1 is 1.45 bits per heavy atom. The number of carbonyl (C=O) groups is 1. The van der Waals surface area contributed by atoms with Crippen LogP contribution in [0.15, 0.2) is 30.0 Å². The monoisotopic (exact) mass is 302 g/mol. The maximum absolute atomic E-state index is 12.5. The first-order chi connectivity index (χ1) is 10.4. The molecular formula is C18H26N2O2. The summed E-state index contributed by atoms with van der Waals surface area (Å²) in [6, 6.07) is 3.79. The molecule has 1 fully saturated rings. The summed E-state index contributed by atoms with van der Waals surface area (Å²) >= 11 is 0. The number of rotatable bonds is 6. The van der Waals surface area contributed by atoms with Crippen LogP contribution in [0.2, 0.25) is 0 Å². The van der Waals surface area contributed by atoms with Gasteiger partial charge in [-0.1, -0.05) is 31.6 Å². The Hall–Kier alpha value is -1.84. The Balaban J connectivity index is 1.98. The van der Waals surface area contributed by atoms with Gasteiger partial charge in [0.2, 0.25) is 11.8 Å². The molecule has 1 aromatic rings. The van der Waals surface area contributed by atoms with Gasteiger partial charge in [0.25, 0.3) is 0 Å². The fourth-order valence-corrected chi connectivity index (χ4v) is 2.97. The van der Waals surface area contributed by atoms with Crippen LogP contribution in [0.25, 0.3) is 0 Å². The molecule has 1 aromatic heterocycles. The topological polar surface area (TPSA) is 51.2 Å². The predicted molar refractivity (Wildman–Crippen MR) is 87.4 cm³/mol. The van der Waals surface area contributed by atoms with Crippen molar-refractivity contribution in [2.24, 2.45) is 17.3 Å². The maximum atomic E-state index is 12.5. The van der Waals surface area contributed by atoms with E-state index in [0.717, 1.165) is 5.56 Å². The average molecular weight is 302 g/mol. The van der Waals surface area contributed by atoms with Gasteiger partial charge in [0.15, 0.2) is 0 Å². The van der Waals surface area contributed by atoms with Gasteiger partial charge in [0, 0.05) is 18.3 Å². The summed E-state index contributed by atoms with van der Waals surface area (Å²) in [5.41, 5.74) is 2.22. The molecule has 2 rings (SSSR count). The molecule has 1 N–H and O–H groups in total. The van der Waals surface area contributed by atoms with E-state index in [-0.39, 0.29) is 17.2 Å². The third-order valence-electron chi connectivity index (χ3n) is 4.29. The minimum atomic E-state index is 0.0407. The summed E-state index contributed by atoms with van der Waals surface area (Å²) in [4.78, 5) is 16.7. The molecular weight excluding hydrogens is 276 g/mol. The van der Waals surface area contributed by atoms with Gasteiger partial charge in [-0.15, -0.1) is 0 Å². The van der Waals surface area contributed by atoms with Crippen molar-refractivity contribution in [1.29, 1.82) is 0 Å². The number of nitrogens with zero attached hydrogens (tertiary/aromatic N) is 1. The number of ether oxygens (including phenoxy) is 1. The molecule has 0 unspecified atom stereocenters. The van der Waals surface area contributed by atoms with Crippen molar-refractivity contribution in [2.75, 3.05) is 6.61 Å². The van der Waals surface area contributed by atoms with E-state index in [0.29, 0.717) is 24.9 Å². The molecule has 0 spiro atoms. The van der Waals surface area contributed by atoms with Crippen LogP contribution in [-0.4, -0.2) is 17.5 Å². The van der Waals surface area contributed by atoms with Crippen LogP contribution in [-0.2, 0) is 11.3 Å². The van der Waals surface area contributed by atoms with E-state index in [9.17, 15) is 4.79 Å². The Morgan fingerprint density at radius 3 is 2.82 bits per heavy atom. The molecule has 1 amide bonds. The molecule has 0 aliphatic heterocycles. The molecule has 1 heterocycles. The maximum Gasteiger partial charge on any atom is 0.224 e. The Bertz CT molecular complexity index is 574. The number of carbonyl (C=O) groups excluding carboxylic acids is 1. The van der Waals surface area contributed by atoms with Crippen molar-refractivity contribution in [3.8, 4) is 5.88 Å². The third-order valence-corrected chi connectivity index (χ3v) is 4.29. The molecule has 1 aliphatic carbocycles. The highest BCUT2D eigenvalue weighted by Gasteiger charge is 2.60. The summed E-state index contributed by atoms with van der Waals surface area (Å²) in [5.74, 6) is 1.09. The summed E-state index contributed by atoms with van der Waals surface area (Å²) in [6.45, 7) is 11.4. The van der Waals surface area contributed by atoms with Crippen molar-refractivity contribution in [3.05, 3.63) is 35.5 Å². The van der Waals surface area contributed by atoms with E-state index in [1.54, 1.807) is 6.20 Å². The number of hydrogen-bond acceptors (Lipinski definition) is 3. The quantitative estimate of drug-likeness (QED) is 0.820. The van der Waals surface area contributed by atoms with Gasteiger partial charge in [0.05, 0.1) is 12.5 Å². The smallest absolute Gasteiger partial charge is 0.224 e. The standard InChI is InChI=1S/C18H26N2O2/c1-6-22-17-13(8-7-9-19-17)11-20-16(21)15-14(10-12(2)3)18(15,4)5/h7-10,14-15H,6,11H2,1-5H3,(H,20,21)/t14-,15+/m1/s1. The fraction of sp³-hybridized carbons (Fsp3) is 0.556. The Kier molecular flexibility index (Phi) is 4.89. The lowest BCUT2D eigenvalue weighted by Gasteiger charge is -2.10. The molecule has 1 aliphatic rings. The van der Waals surface area contributed by atoms with Crippen LogP contribution >= 0.6 is 0 Å². The van der Waals surface area contributed by atoms with Crippen LogP contribution in [0, 0.1) is 17.3 Å². The molecule has 22 heavy (non-hydrogen) atoms. The second-order valence-corrected chi connectivity index (χ2v) is 6.69. The zero-order valence-corrected chi connectivity index (χ0v) is 14.1. The van der Waals surface area contributed by atoms with Crippen LogP contribution in [0.1, 0.15) is 40.2 Å². The summed E-state index contributed by atoms with van der Waals surface area (Å²) < 4.78 is 5.49. The lowest BCUT2D eigenvalue weighted by atomic mass is 10.1. The number of allylic oxidation sites excluding steroid dienone is 2.